The molecule has 4 heterocycles. The number of nitrogens with zero attached hydrogens (tertiary/aromatic N) is 4. The zero-order chi connectivity index (χ0) is 27.5. The number of phenols is 1. The third kappa shape index (κ3) is 4.52. The average Bonchev–Trinajstić information content (AvgIpc) is 2.88. The van der Waals surface area contributed by atoms with E-state index in [0.717, 1.165) is 36.7 Å². The summed E-state index contributed by atoms with van der Waals surface area (Å²) in [4.78, 5) is 14.0. The molecule has 0 unspecified atom stereocenters. The van der Waals surface area contributed by atoms with Crippen molar-refractivity contribution >= 4 is 45.0 Å². The Bertz CT molecular complexity index is 1590. The third-order valence-electron chi connectivity index (χ3n) is 8.92. The topological polar surface area (TPSA) is 76.5 Å². The minimum Gasteiger partial charge on any atom is -0.508 e. The van der Waals surface area contributed by atoms with Crippen molar-refractivity contribution in [3.8, 4) is 16.9 Å². The molecule has 4 aromatic rings. The van der Waals surface area contributed by atoms with Crippen LogP contribution in [0.3, 0.4) is 0 Å². The van der Waals surface area contributed by atoms with Crippen LogP contribution in [0.15, 0.2) is 42.5 Å². The van der Waals surface area contributed by atoms with Gasteiger partial charge in [-0.25, -0.2) is 9.37 Å². The Labute approximate surface area is 238 Å². The van der Waals surface area contributed by atoms with Crippen molar-refractivity contribution in [2.45, 2.75) is 56.3 Å². The summed E-state index contributed by atoms with van der Waals surface area (Å²) in [5.41, 5.74) is 1.02. The number of aromatic nitrogens is 2. The Morgan fingerprint density at radius 2 is 1.80 bits per heavy atom. The number of anilines is 2. The maximum Gasteiger partial charge on any atom is 0.228 e. The third-order valence-corrected chi connectivity index (χ3v) is 9.22. The number of halogens is 2. The largest absolute Gasteiger partial charge is 0.508 e. The number of nitrogens with one attached hydrogen (secondary N) is 2. The molecule has 0 spiro atoms. The number of fused-ring (bicyclic) bond motifs is 4. The lowest BCUT2D eigenvalue weighted by Gasteiger charge is -2.43. The van der Waals surface area contributed by atoms with Gasteiger partial charge in [0.05, 0.1) is 5.02 Å². The lowest BCUT2D eigenvalue weighted by atomic mass is 9.84. The zero-order valence-corrected chi connectivity index (χ0v) is 23.5. The van der Waals surface area contributed by atoms with Gasteiger partial charge in [-0.2, -0.15) is 4.98 Å². The van der Waals surface area contributed by atoms with E-state index in [9.17, 15) is 5.11 Å². The van der Waals surface area contributed by atoms with Crippen LogP contribution in [0.25, 0.3) is 32.8 Å². The first-order valence-electron chi connectivity index (χ1n) is 14.2. The van der Waals surface area contributed by atoms with Gasteiger partial charge in [-0.05, 0) is 74.3 Å². The monoisotopic (exact) mass is 560 g/mol. The van der Waals surface area contributed by atoms with Gasteiger partial charge >= 0.3 is 0 Å². The first-order chi connectivity index (χ1) is 19.3. The molecule has 208 valence electrons. The van der Waals surface area contributed by atoms with Crippen LogP contribution in [-0.4, -0.2) is 71.3 Å². The fraction of sp³-hybridized carbons (Fsp3) is 0.419. The highest BCUT2D eigenvalue weighted by Crippen LogP contribution is 2.42. The van der Waals surface area contributed by atoms with E-state index >= 15 is 4.39 Å². The Morgan fingerprint density at radius 3 is 2.55 bits per heavy atom. The van der Waals surface area contributed by atoms with E-state index in [-0.39, 0.29) is 27.9 Å². The van der Waals surface area contributed by atoms with Crippen LogP contribution in [-0.2, 0) is 0 Å². The SMILES string of the molecule is CN(C)C1CN(c2nc(NC3C[C@H]4CCC[C@H](C3)N4)c3cc(Cl)c(-c4cc(O)cc5ccccc45)c(F)c3n2)C1. The van der Waals surface area contributed by atoms with Gasteiger partial charge in [0.2, 0.25) is 5.95 Å². The molecule has 2 bridgehead atoms. The molecular formula is C31H34ClFN6O. The van der Waals surface area contributed by atoms with Crippen LogP contribution >= 0.6 is 11.6 Å². The second-order valence-corrected chi connectivity index (χ2v) is 12.3. The van der Waals surface area contributed by atoms with Crippen LogP contribution in [0.2, 0.25) is 5.02 Å². The maximum absolute atomic E-state index is 16.7. The summed E-state index contributed by atoms with van der Waals surface area (Å²) in [6.45, 7) is 1.57. The molecular weight excluding hydrogens is 527 g/mol. The van der Waals surface area contributed by atoms with E-state index in [0.29, 0.717) is 40.8 Å². The highest BCUT2D eigenvalue weighted by molar-refractivity contribution is 6.35. The molecule has 7 nitrogen and oxygen atoms in total. The van der Waals surface area contributed by atoms with Crippen LogP contribution in [0.1, 0.15) is 32.1 Å². The van der Waals surface area contributed by atoms with Crippen molar-refractivity contribution in [3.63, 3.8) is 0 Å². The molecule has 2 atom stereocenters. The first kappa shape index (κ1) is 25.7. The summed E-state index contributed by atoms with van der Waals surface area (Å²) in [7, 11) is 4.13. The molecule has 1 aromatic heterocycles. The van der Waals surface area contributed by atoms with E-state index in [4.69, 9.17) is 21.6 Å². The molecule has 0 aliphatic carbocycles. The van der Waals surface area contributed by atoms with E-state index < -0.39 is 5.82 Å². The number of piperidine rings is 2. The van der Waals surface area contributed by atoms with Crippen LogP contribution < -0.4 is 15.5 Å². The van der Waals surface area contributed by atoms with Crippen molar-refractivity contribution in [1.29, 1.82) is 0 Å². The molecule has 3 fully saturated rings. The van der Waals surface area contributed by atoms with E-state index in [1.54, 1.807) is 18.2 Å². The summed E-state index contributed by atoms with van der Waals surface area (Å²) < 4.78 is 16.7. The molecule has 9 heteroatoms. The fourth-order valence-electron chi connectivity index (χ4n) is 6.71. The van der Waals surface area contributed by atoms with Gasteiger partial charge in [-0.1, -0.05) is 42.3 Å². The highest BCUT2D eigenvalue weighted by atomic mass is 35.5. The van der Waals surface area contributed by atoms with Gasteiger partial charge in [0.1, 0.15) is 17.1 Å². The second kappa shape index (κ2) is 10.0. The van der Waals surface area contributed by atoms with Gasteiger partial charge in [0, 0.05) is 48.2 Å². The standard InChI is InChI=1S/C31H34ClFN6O/c1-38(2)21-15-39(16-21)31-36-29-25(30(37-31)35-20-11-18-7-5-8-19(12-20)34-18)14-26(32)27(28(29)33)24-13-22(40)10-17-6-3-4-9-23(17)24/h3-4,6,9-10,13-14,18-21,34,40H,5,7-8,11-12,15-16H2,1-2H3,(H,35,36,37)/t18-,19-/m1/s1. The summed E-state index contributed by atoms with van der Waals surface area (Å²) in [5, 5.41) is 20.4. The normalized spacial score (nSPS) is 23.1. The average molecular weight is 561 g/mol. The quantitative estimate of drug-likeness (QED) is 0.285. The summed E-state index contributed by atoms with van der Waals surface area (Å²) in [6, 6.07) is 14.3. The van der Waals surface area contributed by atoms with Gasteiger partial charge in [-0.15, -0.1) is 0 Å². The van der Waals surface area contributed by atoms with Crippen molar-refractivity contribution in [2.75, 3.05) is 37.4 Å². The Hall–Kier alpha value is -3.20. The van der Waals surface area contributed by atoms with E-state index in [1.165, 1.54) is 19.3 Å². The molecule has 7 rings (SSSR count). The van der Waals surface area contributed by atoms with Crippen molar-refractivity contribution < 1.29 is 9.50 Å². The van der Waals surface area contributed by atoms with Crippen molar-refractivity contribution in [2.24, 2.45) is 0 Å². The Kier molecular flexibility index (Phi) is 6.45. The van der Waals surface area contributed by atoms with Gasteiger partial charge in [-0.3, -0.25) is 0 Å². The van der Waals surface area contributed by atoms with Gasteiger partial charge < -0.3 is 25.5 Å². The molecule has 0 amide bonds. The number of phenolic OH excluding ortho intramolecular Hbond substituents is 1. The number of benzene rings is 3. The van der Waals surface area contributed by atoms with E-state index in [2.05, 4.69) is 34.5 Å². The molecule has 3 aliphatic heterocycles. The number of rotatable bonds is 5. The van der Waals surface area contributed by atoms with Crippen LogP contribution in [0.4, 0.5) is 16.2 Å². The van der Waals surface area contributed by atoms with Crippen molar-refractivity contribution in [1.82, 2.24) is 20.2 Å². The molecule has 0 saturated carbocycles. The number of hydrogen-bond donors (Lipinski definition) is 3. The Balaban J connectivity index is 1.36. The number of likely N-dealkylation sites (N-methyl/N-ethyl adjacent to an activating group) is 1. The predicted octanol–water partition coefficient (Wildman–Crippen LogP) is 5.78. The zero-order valence-electron chi connectivity index (χ0n) is 22.8. The second-order valence-electron chi connectivity index (χ2n) is 11.9. The smallest absolute Gasteiger partial charge is 0.228 e. The highest BCUT2D eigenvalue weighted by Gasteiger charge is 2.34. The molecule has 3 saturated heterocycles. The number of hydrogen-bond acceptors (Lipinski definition) is 7. The van der Waals surface area contributed by atoms with Crippen molar-refractivity contribution in [3.05, 3.63) is 53.3 Å². The number of aromatic hydroxyl groups is 1. The predicted molar refractivity (Wildman–Crippen MR) is 160 cm³/mol. The van der Waals surface area contributed by atoms with Gasteiger partial charge in [0.15, 0.2) is 5.82 Å². The van der Waals surface area contributed by atoms with Gasteiger partial charge in [0.25, 0.3) is 0 Å². The van der Waals surface area contributed by atoms with Crippen LogP contribution in [0, 0.1) is 5.82 Å². The lowest BCUT2D eigenvalue weighted by molar-refractivity contribution is 0.230. The molecule has 3 aliphatic rings. The van der Waals surface area contributed by atoms with Crippen LogP contribution in [0.5, 0.6) is 5.75 Å². The molecule has 3 aromatic carbocycles. The minimum atomic E-state index is -0.503. The summed E-state index contributed by atoms with van der Waals surface area (Å²) in [6.07, 6.45) is 5.66. The summed E-state index contributed by atoms with van der Waals surface area (Å²) in [5.74, 6) is 0.708. The Morgan fingerprint density at radius 1 is 1.05 bits per heavy atom. The molecule has 40 heavy (non-hydrogen) atoms. The maximum atomic E-state index is 16.7. The molecule has 3 N–H and O–H groups in total. The molecule has 0 radical (unpaired) electrons. The fourth-order valence-corrected chi connectivity index (χ4v) is 7.00. The van der Waals surface area contributed by atoms with E-state index in [1.807, 2.05) is 24.3 Å². The summed E-state index contributed by atoms with van der Waals surface area (Å²) >= 11 is 6.85. The lowest BCUT2D eigenvalue weighted by Crippen LogP contribution is -2.58. The first-order valence-corrected chi connectivity index (χ1v) is 14.6. The minimum absolute atomic E-state index is 0.0572.